The van der Waals surface area contributed by atoms with Gasteiger partial charge in [-0.15, -0.1) is 0 Å². The molecule has 0 radical (unpaired) electrons. The molecule has 2 aliphatic rings. The Hall–Kier alpha value is -2.55. The first-order valence-corrected chi connectivity index (χ1v) is 11.8. The minimum atomic E-state index is -0.222. The lowest BCUT2D eigenvalue weighted by Crippen LogP contribution is -2.43. The topological polar surface area (TPSA) is 79.9 Å². The molecule has 1 fully saturated rings. The van der Waals surface area contributed by atoms with Crippen LogP contribution >= 0.6 is 11.8 Å². The van der Waals surface area contributed by atoms with E-state index in [4.69, 9.17) is 9.47 Å². The van der Waals surface area contributed by atoms with Crippen LogP contribution in [0.4, 0.5) is 5.69 Å². The number of esters is 1. The fourth-order valence-electron chi connectivity index (χ4n) is 4.09. The number of carbonyl (C=O) groups is 2. The van der Waals surface area contributed by atoms with Crippen LogP contribution in [0.5, 0.6) is 11.5 Å². The van der Waals surface area contributed by atoms with Gasteiger partial charge in [-0.2, -0.15) is 0 Å². The molecule has 8 heteroatoms. The van der Waals surface area contributed by atoms with Crippen molar-refractivity contribution in [3.63, 3.8) is 0 Å². The van der Waals surface area contributed by atoms with E-state index in [1.54, 1.807) is 24.9 Å². The molecule has 4 rings (SSSR count). The monoisotopic (exact) mass is 455 g/mol. The highest BCUT2D eigenvalue weighted by atomic mass is 32.2. The van der Waals surface area contributed by atoms with E-state index in [0.717, 1.165) is 36.1 Å². The first kappa shape index (κ1) is 22.6. The Morgan fingerprint density at radius 1 is 1.22 bits per heavy atom. The Labute approximate surface area is 192 Å². The molecule has 1 unspecified atom stereocenters. The second kappa shape index (κ2) is 10.4. The predicted octanol–water partition coefficient (Wildman–Crippen LogP) is 4.04. The van der Waals surface area contributed by atoms with Crippen LogP contribution in [0.2, 0.25) is 0 Å². The first-order chi connectivity index (χ1) is 15.6. The smallest absolute Gasteiger partial charge is 0.314 e. The lowest BCUT2D eigenvalue weighted by molar-refractivity contribution is -0.140. The average molecular weight is 456 g/mol. The Morgan fingerprint density at radius 2 is 2.00 bits per heavy atom. The molecular formula is C24H29N3O4S. The fourth-order valence-corrected chi connectivity index (χ4v) is 5.16. The molecule has 1 saturated carbocycles. The molecule has 0 spiro atoms. The highest BCUT2D eigenvalue weighted by Crippen LogP contribution is 2.38. The standard InChI is InChI=1S/C24H29N3O4S/c1-27(24-26-20-5-3-4-6-22(20)32-24)25-14-18-13-19(11-12-21(18)30-2)31-23(29)17-9-7-16(15-28)8-10-17/h3-6,11-13,15-17,24-26H,7-10,14H2,1-2H3. The molecule has 0 bridgehead atoms. The molecule has 0 saturated heterocycles. The molecule has 1 aliphatic carbocycles. The van der Waals surface area contributed by atoms with Gasteiger partial charge in [0.1, 0.15) is 23.3 Å². The van der Waals surface area contributed by atoms with Crippen molar-refractivity contribution in [2.24, 2.45) is 11.8 Å². The zero-order valence-electron chi connectivity index (χ0n) is 18.4. The summed E-state index contributed by atoms with van der Waals surface area (Å²) in [4.78, 5) is 24.8. The maximum atomic E-state index is 12.6. The Kier molecular flexibility index (Phi) is 7.34. The van der Waals surface area contributed by atoms with Gasteiger partial charge in [0.2, 0.25) is 0 Å². The number of nitrogens with zero attached hydrogens (tertiary/aromatic N) is 1. The third kappa shape index (κ3) is 5.26. The van der Waals surface area contributed by atoms with Crippen LogP contribution in [0.15, 0.2) is 47.4 Å². The van der Waals surface area contributed by atoms with E-state index in [0.29, 0.717) is 25.1 Å². The third-order valence-corrected chi connectivity index (χ3v) is 7.31. The lowest BCUT2D eigenvalue weighted by Gasteiger charge is -2.25. The number of fused-ring (bicyclic) bond motifs is 1. The molecule has 32 heavy (non-hydrogen) atoms. The summed E-state index contributed by atoms with van der Waals surface area (Å²) in [6, 6.07) is 13.7. The van der Waals surface area contributed by atoms with Crippen LogP contribution in [-0.2, 0) is 16.1 Å². The molecule has 0 aromatic heterocycles. The number of carbonyl (C=O) groups excluding carboxylic acids is 2. The van der Waals surface area contributed by atoms with Crippen molar-refractivity contribution >= 4 is 29.7 Å². The lowest BCUT2D eigenvalue weighted by atomic mass is 9.83. The van der Waals surface area contributed by atoms with E-state index in [-0.39, 0.29) is 23.3 Å². The van der Waals surface area contributed by atoms with Crippen LogP contribution in [0.25, 0.3) is 0 Å². The molecule has 1 atom stereocenters. The van der Waals surface area contributed by atoms with Gasteiger partial charge in [0.15, 0.2) is 0 Å². The number of methoxy groups -OCH3 is 1. The fraction of sp³-hybridized carbons (Fsp3) is 0.417. The maximum Gasteiger partial charge on any atom is 0.314 e. The van der Waals surface area contributed by atoms with Crippen molar-refractivity contribution in [2.75, 3.05) is 19.5 Å². The van der Waals surface area contributed by atoms with E-state index in [1.165, 1.54) is 4.90 Å². The number of hydrogen-bond donors (Lipinski definition) is 2. The number of aldehydes is 1. The Bertz CT molecular complexity index is 937. The van der Waals surface area contributed by atoms with Gasteiger partial charge in [-0.3, -0.25) is 4.79 Å². The van der Waals surface area contributed by atoms with Gasteiger partial charge in [-0.05, 0) is 56.0 Å². The highest BCUT2D eigenvalue weighted by molar-refractivity contribution is 8.00. The molecule has 2 aromatic rings. The maximum absolute atomic E-state index is 12.6. The van der Waals surface area contributed by atoms with E-state index in [1.807, 2.05) is 36.3 Å². The Balaban J connectivity index is 1.35. The largest absolute Gasteiger partial charge is 0.496 e. The van der Waals surface area contributed by atoms with Crippen molar-refractivity contribution in [3.8, 4) is 11.5 Å². The second-order valence-corrected chi connectivity index (χ2v) is 9.32. The van der Waals surface area contributed by atoms with Crippen LogP contribution < -0.4 is 20.2 Å². The van der Waals surface area contributed by atoms with Crippen LogP contribution in [0.1, 0.15) is 31.2 Å². The minimum absolute atomic E-state index is 0.0703. The summed E-state index contributed by atoms with van der Waals surface area (Å²) in [7, 11) is 3.62. The number of ether oxygens (including phenoxy) is 2. The number of benzene rings is 2. The summed E-state index contributed by atoms with van der Waals surface area (Å²) >= 11 is 1.75. The van der Waals surface area contributed by atoms with E-state index in [9.17, 15) is 9.59 Å². The van der Waals surface area contributed by atoms with Gasteiger partial charge >= 0.3 is 5.97 Å². The zero-order valence-corrected chi connectivity index (χ0v) is 19.2. The predicted molar refractivity (Wildman–Crippen MR) is 124 cm³/mol. The molecular weight excluding hydrogens is 426 g/mol. The summed E-state index contributed by atoms with van der Waals surface area (Å²) in [5.41, 5.74) is 5.50. The van der Waals surface area contributed by atoms with Crippen molar-refractivity contribution in [1.82, 2.24) is 10.4 Å². The third-order valence-electron chi connectivity index (χ3n) is 6.04. The highest BCUT2D eigenvalue weighted by Gasteiger charge is 2.28. The van der Waals surface area contributed by atoms with Gasteiger partial charge in [0.05, 0.1) is 13.0 Å². The number of para-hydroxylation sites is 1. The molecule has 1 heterocycles. The zero-order chi connectivity index (χ0) is 22.5. The van der Waals surface area contributed by atoms with Gasteiger partial charge in [-0.1, -0.05) is 23.9 Å². The molecule has 7 nitrogen and oxygen atoms in total. The number of hydrogen-bond acceptors (Lipinski definition) is 8. The van der Waals surface area contributed by atoms with Crippen LogP contribution in [-0.4, -0.2) is 36.9 Å². The molecule has 2 N–H and O–H groups in total. The van der Waals surface area contributed by atoms with Crippen LogP contribution in [0.3, 0.4) is 0 Å². The normalized spacial score (nSPS) is 22.2. The molecule has 1 aliphatic heterocycles. The average Bonchev–Trinajstić information content (AvgIpc) is 3.27. The first-order valence-electron chi connectivity index (χ1n) is 10.9. The summed E-state index contributed by atoms with van der Waals surface area (Å²) in [6.45, 7) is 0.518. The quantitative estimate of drug-likeness (QED) is 0.267. The van der Waals surface area contributed by atoms with Gasteiger partial charge in [0.25, 0.3) is 0 Å². The van der Waals surface area contributed by atoms with E-state index >= 15 is 0 Å². The number of rotatable bonds is 8. The molecule has 170 valence electrons. The van der Waals surface area contributed by atoms with Gasteiger partial charge < -0.3 is 19.6 Å². The number of thioether (sulfide) groups is 1. The summed E-state index contributed by atoms with van der Waals surface area (Å²) in [5.74, 6) is 0.948. The second-order valence-electron chi connectivity index (χ2n) is 8.20. The van der Waals surface area contributed by atoms with E-state index in [2.05, 4.69) is 22.9 Å². The SMILES string of the molecule is COc1ccc(OC(=O)C2CCC(C=O)CC2)cc1CNN(C)C1Nc2ccccc2S1. The van der Waals surface area contributed by atoms with Gasteiger partial charge in [0, 0.05) is 35.7 Å². The number of nitrogens with one attached hydrogen (secondary N) is 2. The number of hydrazine groups is 1. The van der Waals surface area contributed by atoms with Crippen molar-refractivity contribution in [3.05, 3.63) is 48.0 Å². The summed E-state index contributed by atoms with van der Waals surface area (Å²) in [6.07, 6.45) is 3.91. The Morgan fingerprint density at radius 3 is 2.72 bits per heavy atom. The van der Waals surface area contributed by atoms with E-state index < -0.39 is 0 Å². The van der Waals surface area contributed by atoms with Gasteiger partial charge in [-0.25, -0.2) is 10.4 Å². The molecule has 2 aromatic carbocycles. The number of anilines is 1. The molecule has 0 amide bonds. The summed E-state index contributed by atoms with van der Waals surface area (Å²) < 4.78 is 11.2. The van der Waals surface area contributed by atoms with Crippen LogP contribution in [0, 0.1) is 11.8 Å². The van der Waals surface area contributed by atoms with Crippen molar-refractivity contribution in [1.29, 1.82) is 0 Å². The summed E-state index contributed by atoms with van der Waals surface area (Å²) in [5, 5.41) is 5.51. The minimum Gasteiger partial charge on any atom is -0.496 e. The van der Waals surface area contributed by atoms with Crippen molar-refractivity contribution in [2.45, 2.75) is 42.6 Å². The van der Waals surface area contributed by atoms with Crippen molar-refractivity contribution < 1.29 is 19.1 Å².